The van der Waals surface area contributed by atoms with Crippen molar-refractivity contribution in [3.8, 4) is 5.75 Å². The van der Waals surface area contributed by atoms with Crippen LogP contribution < -0.4 is 15.8 Å². The quantitative estimate of drug-likeness (QED) is 0.803. The highest BCUT2D eigenvalue weighted by Crippen LogP contribution is 2.31. The Morgan fingerprint density at radius 2 is 2.11 bits per heavy atom. The van der Waals surface area contributed by atoms with Crippen LogP contribution in [0.4, 0.5) is 0 Å². The third-order valence-electron chi connectivity index (χ3n) is 3.15. The van der Waals surface area contributed by atoms with E-state index in [0.29, 0.717) is 24.6 Å². The van der Waals surface area contributed by atoms with Crippen LogP contribution in [-0.4, -0.2) is 25.1 Å². The molecule has 1 aliphatic carbocycles. The number of nitrogens with one attached hydrogen (secondary N) is 1. The molecule has 4 nitrogen and oxygen atoms in total. The molecule has 0 radical (unpaired) electrons. The van der Waals surface area contributed by atoms with Crippen molar-refractivity contribution < 1.29 is 9.53 Å². The van der Waals surface area contributed by atoms with Gasteiger partial charge in [-0.3, -0.25) is 4.79 Å². The van der Waals surface area contributed by atoms with Crippen molar-refractivity contribution in [1.29, 1.82) is 0 Å². The minimum Gasteiger partial charge on any atom is -0.494 e. The molecule has 18 heavy (non-hydrogen) atoms. The van der Waals surface area contributed by atoms with Crippen LogP contribution in [0.3, 0.4) is 0 Å². The van der Waals surface area contributed by atoms with Gasteiger partial charge in [-0.15, -0.1) is 0 Å². The van der Waals surface area contributed by atoms with Crippen LogP contribution in [0.1, 0.15) is 30.1 Å². The molecule has 1 saturated carbocycles. The van der Waals surface area contributed by atoms with Gasteiger partial charge in [0.25, 0.3) is 5.91 Å². The smallest absolute Gasteiger partial charge is 0.251 e. The van der Waals surface area contributed by atoms with Gasteiger partial charge in [0.15, 0.2) is 0 Å². The van der Waals surface area contributed by atoms with Crippen molar-refractivity contribution in [2.24, 2.45) is 11.7 Å². The Balaban J connectivity index is 1.83. The van der Waals surface area contributed by atoms with E-state index in [-0.39, 0.29) is 11.9 Å². The van der Waals surface area contributed by atoms with E-state index in [1.807, 2.05) is 6.92 Å². The predicted molar refractivity (Wildman–Crippen MR) is 70.6 cm³/mol. The number of ether oxygens (including phenoxy) is 1. The van der Waals surface area contributed by atoms with Gasteiger partial charge >= 0.3 is 0 Å². The lowest BCUT2D eigenvalue weighted by molar-refractivity contribution is 0.0950. The summed E-state index contributed by atoms with van der Waals surface area (Å²) >= 11 is 0. The number of hydrogen-bond acceptors (Lipinski definition) is 3. The fourth-order valence-electron chi connectivity index (χ4n) is 1.87. The van der Waals surface area contributed by atoms with Crippen molar-refractivity contribution >= 4 is 5.91 Å². The zero-order chi connectivity index (χ0) is 13.0. The molecule has 1 atom stereocenters. The van der Waals surface area contributed by atoms with Gasteiger partial charge < -0.3 is 15.8 Å². The van der Waals surface area contributed by atoms with Crippen LogP contribution in [0, 0.1) is 5.92 Å². The largest absolute Gasteiger partial charge is 0.494 e. The van der Waals surface area contributed by atoms with Crippen LogP contribution in [0.2, 0.25) is 0 Å². The van der Waals surface area contributed by atoms with Crippen molar-refractivity contribution in [2.45, 2.75) is 25.8 Å². The molecule has 1 fully saturated rings. The van der Waals surface area contributed by atoms with Crippen molar-refractivity contribution in [2.75, 3.05) is 13.2 Å². The maximum Gasteiger partial charge on any atom is 0.251 e. The number of amides is 1. The van der Waals surface area contributed by atoms with Crippen molar-refractivity contribution in [3.05, 3.63) is 29.8 Å². The molecule has 0 bridgehead atoms. The van der Waals surface area contributed by atoms with E-state index in [1.54, 1.807) is 24.3 Å². The molecular weight excluding hydrogens is 228 g/mol. The summed E-state index contributed by atoms with van der Waals surface area (Å²) < 4.78 is 5.33. The third kappa shape index (κ3) is 3.47. The Hall–Kier alpha value is -1.55. The first kappa shape index (κ1) is 12.9. The minimum absolute atomic E-state index is 0.0749. The fourth-order valence-corrected chi connectivity index (χ4v) is 1.87. The van der Waals surface area contributed by atoms with E-state index in [9.17, 15) is 4.79 Å². The molecule has 1 unspecified atom stereocenters. The summed E-state index contributed by atoms with van der Waals surface area (Å²) in [7, 11) is 0. The van der Waals surface area contributed by atoms with Gasteiger partial charge in [0, 0.05) is 18.2 Å². The topological polar surface area (TPSA) is 64.3 Å². The van der Waals surface area contributed by atoms with Gasteiger partial charge in [-0.1, -0.05) is 0 Å². The lowest BCUT2D eigenvalue weighted by Gasteiger charge is -2.11. The average molecular weight is 248 g/mol. The average Bonchev–Trinajstić information content (AvgIpc) is 3.21. The standard InChI is InChI=1S/C14H20N2O2/c1-2-18-12-7-5-11(6-8-12)14(17)16-9-13(15)10-3-4-10/h5-8,10,13H,2-4,9,15H2,1H3,(H,16,17). The summed E-state index contributed by atoms with van der Waals surface area (Å²) in [5.74, 6) is 1.31. The Morgan fingerprint density at radius 1 is 1.44 bits per heavy atom. The highest BCUT2D eigenvalue weighted by molar-refractivity contribution is 5.94. The zero-order valence-electron chi connectivity index (χ0n) is 10.7. The Kier molecular flexibility index (Phi) is 4.20. The second-order valence-electron chi connectivity index (χ2n) is 4.67. The van der Waals surface area contributed by atoms with E-state index in [2.05, 4.69) is 5.32 Å². The molecule has 1 aromatic carbocycles. The van der Waals surface area contributed by atoms with Gasteiger partial charge in [-0.05, 0) is 49.9 Å². The maximum atomic E-state index is 11.9. The van der Waals surface area contributed by atoms with Crippen molar-refractivity contribution in [1.82, 2.24) is 5.32 Å². The molecule has 1 aliphatic rings. The lowest BCUT2D eigenvalue weighted by Crippen LogP contribution is -2.38. The van der Waals surface area contributed by atoms with E-state index in [1.165, 1.54) is 12.8 Å². The van der Waals surface area contributed by atoms with Crippen molar-refractivity contribution in [3.63, 3.8) is 0 Å². The SMILES string of the molecule is CCOc1ccc(C(=O)NCC(N)C2CC2)cc1. The Labute approximate surface area is 108 Å². The molecule has 4 heteroatoms. The first-order valence-corrected chi connectivity index (χ1v) is 6.47. The Bertz CT molecular complexity index is 399. The summed E-state index contributed by atoms with van der Waals surface area (Å²) in [6, 6.07) is 7.24. The molecule has 0 spiro atoms. The minimum atomic E-state index is -0.0749. The highest BCUT2D eigenvalue weighted by Gasteiger charge is 2.28. The Morgan fingerprint density at radius 3 is 2.67 bits per heavy atom. The van der Waals surface area contributed by atoms with Gasteiger partial charge in [0.2, 0.25) is 0 Å². The predicted octanol–water partition coefficient (Wildman–Crippen LogP) is 1.55. The first-order chi connectivity index (χ1) is 8.70. The van der Waals surface area contributed by atoms with Crippen LogP contribution in [0.5, 0.6) is 5.75 Å². The molecule has 0 aromatic heterocycles. The molecule has 1 amide bonds. The van der Waals surface area contributed by atoms with Crippen LogP contribution in [-0.2, 0) is 0 Å². The summed E-state index contributed by atoms with van der Waals surface area (Å²) in [5.41, 5.74) is 6.57. The van der Waals surface area contributed by atoms with Gasteiger partial charge in [0.1, 0.15) is 5.75 Å². The lowest BCUT2D eigenvalue weighted by atomic mass is 10.1. The number of carbonyl (C=O) groups excluding carboxylic acids is 1. The van der Waals surface area contributed by atoms with E-state index < -0.39 is 0 Å². The van der Waals surface area contributed by atoms with Gasteiger partial charge in [-0.25, -0.2) is 0 Å². The molecule has 2 rings (SSSR count). The zero-order valence-corrected chi connectivity index (χ0v) is 10.7. The highest BCUT2D eigenvalue weighted by atomic mass is 16.5. The second kappa shape index (κ2) is 5.87. The summed E-state index contributed by atoms with van der Waals surface area (Å²) in [4.78, 5) is 11.9. The number of hydrogen-bond donors (Lipinski definition) is 2. The van der Waals surface area contributed by atoms with E-state index >= 15 is 0 Å². The van der Waals surface area contributed by atoms with Crippen LogP contribution >= 0.6 is 0 Å². The summed E-state index contributed by atoms with van der Waals surface area (Å²) in [6.07, 6.45) is 2.39. The van der Waals surface area contributed by atoms with Gasteiger partial charge in [-0.2, -0.15) is 0 Å². The number of rotatable bonds is 6. The third-order valence-corrected chi connectivity index (χ3v) is 3.15. The van der Waals surface area contributed by atoms with Gasteiger partial charge in [0.05, 0.1) is 6.61 Å². The fraction of sp³-hybridized carbons (Fsp3) is 0.500. The normalized spacial score (nSPS) is 16.1. The monoisotopic (exact) mass is 248 g/mol. The second-order valence-corrected chi connectivity index (χ2v) is 4.67. The van der Waals surface area contributed by atoms with Crippen LogP contribution in [0.25, 0.3) is 0 Å². The molecule has 0 aliphatic heterocycles. The molecule has 3 N–H and O–H groups in total. The maximum absolute atomic E-state index is 11.9. The molecular formula is C14H20N2O2. The summed E-state index contributed by atoms with van der Waals surface area (Å²) in [5, 5.41) is 2.87. The number of nitrogens with two attached hydrogens (primary N) is 1. The van der Waals surface area contributed by atoms with E-state index in [4.69, 9.17) is 10.5 Å². The first-order valence-electron chi connectivity index (χ1n) is 6.47. The molecule has 98 valence electrons. The number of benzene rings is 1. The molecule has 0 heterocycles. The number of carbonyl (C=O) groups is 1. The summed E-state index contributed by atoms with van der Waals surface area (Å²) in [6.45, 7) is 3.11. The molecule has 1 aromatic rings. The molecule has 0 saturated heterocycles. The van der Waals surface area contributed by atoms with E-state index in [0.717, 1.165) is 5.75 Å². The van der Waals surface area contributed by atoms with Crippen LogP contribution in [0.15, 0.2) is 24.3 Å².